The Kier molecular flexibility index (Phi) is 6.66. The highest BCUT2D eigenvalue weighted by Crippen LogP contribution is 2.30. The Hall–Kier alpha value is -2.06. The third-order valence-electron chi connectivity index (χ3n) is 3.54. The van der Waals surface area contributed by atoms with Crippen LogP contribution in [0.3, 0.4) is 0 Å². The minimum Gasteiger partial charge on any atom is -0.484 e. The molecule has 1 aromatic rings. The smallest absolute Gasteiger partial charge is 0.410 e. The molecule has 8 nitrogen and oxygen atoms in total. The van der Waals surface area contributed by atoms with E-state index >= 15 is 0 Å². The van der Waals surface area contributed by atoms with Gasteiger partial charge in [-0.15, -0.1) is 0 Å². The lowest BCUT2D eigenvalue weighted by Gasteiger charge is -2.27. The van der Waals surface area contributed by atoms with Crippen molar-refractivity contribution in [3.63, 3.8) is 0 Å². The van der Waals surface area contributed by atoms with Gasteiger partial charge in [-0.1, -0.05) is 11.6 Å². The summed E-state index contributed by atoms with van der Waals surface area (Å²) < 4.78 is 16.7. The number of amides is 1. The van der Waals surface area contributed by atoms with E-state index in [1.165, 1.54) is 18.2 Å². The number of nitrogens with zero attached hydrogens (tertiary/aromatic N) is 2. The highest BCUT2D eigenvalue weighted by molar-refractivity contribution is 6.30. The first-order valence-corrected chi connectivity index (χ1v) is 8.70. The second kappa shape index (κ2) is 8.55. The van der Waals surface area contributed by atoms with E-state index in [9.17, 15) is 14.9 Å². The van der Waals surface area contributed by atoms with Crippen molar-refractivity contribution in [2.75, 3.05) is 26.3 Å². The van der Waals surface area contributed by atoms with Crippen molar-refractivity contribution in [2.45, 2.75) is 38.9 Å². The largest absolute Gasteiger partial charge is 0.484 e. The summed E-state index contributed by atoms with van der Waals surface area (Å²) in [7, 11) is 0. The first kappa shape index (κ1) is 20.3. The van der Waals surface area contributed by atoms with Crippen LogP contribution < -0.4 is 4.74 Å². The average Bonchev–Trinajstić information content (AvgIpc) is 2.77. The first-order valence-electron chi connectivity index (χ1n) is 8.32. The third-order valence-corrected chi connectivity index (χ3v) is 3.78. The van der Waals surface area contributed by atoms with E-state index in [1.54, 1.807) is 25.7 Å². The van der Waals surface area contributed by atoms with Crippen molar-refractivity contribution >= 4 is 23.4 Å². The van der Waals surface area contributed by atoms with Crippen LogP contribution in [0, 0.1) is 10.1 Å². The maximum absolute atomic E-state index is 12.3. The monoisotopic (exact) mass is 386 g/mol. The lowest BCUT2D eigenvalue weighted by molar-refractivity contribution is -0.385. The topological polar surface area (TPSA) is 91.1 Å². The number of hydrogen-bond donors (Lipinski definition) is 0. The molecular weight excluding hydrogens is 364 g/mol. The SMILES string of the molecule is CC(C)(C)OC(=O)N1CCCOC(COc2ccc(Cl)cc2[N+](=O)[O-])C1. The molecule has 0 bridgehead atoms. The van der Waals surface area contributed by atoms with Gasteiger partial charge >= 0.3 is 11.8 Å². The summed E-state index contributed by atoms with van der Waals surface area (Å²) in [5, 5.41) is 11.4. The Bertz CT molecular complexity index is 661. The van der Waals surface area contributed by atoms with E-state index in [-0.39, 0.29) is 29.6 Å². The molecule has 0 aliphatic carbocycles. The molecule has 1 aromatic carbocycles. The second-order valence-electron chi connectivity index (χ2n) is 6.95. The molecule has 0 N–H and O–H groups in total. The summed E-state index contributed by atoms with van der Waals surface area (Å²) in [5.74, 6) is 0.107. The highest BCUT2D eigenvalue weighted by atomic mass is 35.5. The quantitative estimate of drug-likeness (QED) is 0.579. The van der Waals surface area contributed by atoms with Gasteiger partial charge in [0.2, 0.25) is 0 Å². The average molecular weight is 387 g/mol. The van der Waals surface area contributed by atoms with Gasteiger partial charge in [-0.25, -0.2) is 4.79 Å². The Balaban J connectivity index is 2.00. The van der Waals surface area contributed by atoms with Gasteiger partial charge in [-0.3, -0.25) is 10.1 Å². The van der Waals surface area contributed by atoms with Crippen molar-refractivity contribution in [2.24, 2.45) is 0 Å². The molecule has 0 spiro atoms. The summed E-state index contributed by atoms with van der Waals surface area (Å²) in [5.41, 5.74) is -0.796. The van der Waals surface area contributed by atoms with E-state index in [0.29, 0.717) is 19.6 Å². The molecule has 1 unspecified atom stereocenters. The third kappa shape index (κ3) is 6.03. The summed E-state index contributed by atoms with van der Waals surface area (Å²) in [6.07, 6.45) is -0.151. The number of carbonyl (C=O) groups is 1. The van der Waals surface area contributed by atoms with Crippen molar-refractivity contribution in [1.82, 2.24) is 4.90 Å². The predicted molar refractivity (Wildman–Crippen MR) is 95.8 cm³/mol. The Morgan fingerprint density at radius 2 is 2.19 bits per heavy atom. The molecule has 1 amide bonds. The lowest BCUT2D eigenvalue weighted by atomic mass is 10.2. The van der Waals surface area contributed by atoms with Gasteiger partial charge in [0.15, 0.2) is 5.75 Å². The van der Waals surface area contributed by atoms with Crippen LogP contribution in [-0.4, -0.2) is 53.9 Å². The number of nitro benzene ring substituents is 1. The van der Waals surface area contributed by atoms with Crippen LogP contribution in [0.2, 0.25) is 5.02 Å². The second-order valence-corrected chi connectivity index (χ2v) is 7.39. The number of benzene rings is 1. The lowest BCUT2D eigenvalue weighted by Crippen LogP contribution is -2.42. The van der Waals surface area contributed by atoms with Crippen LogP contribution in [0.25, 0.3) is 0 Å². The maximum atomic E-state index is 12.3. The number of halogens is 1. The van der Waals surface area contributed by atoms with Gasteiger partial charge in [0.25, 0.3) is 0 Å². The molecule has 26 heavy (non-hydrogen) atoms. The van der Waals surface area contributed by atoms with Crippen LogP contribution in [0.1, 0.15) is 27.2 Å². The van der Waals surface area contributed by atoms with E-state index in [1.807, 2.05) is 0 Å². The molecule has 0 saturated carbocycles. The van der Waals surface area contributed by atoms with Gasteiger partial charge in [-0.05, 0) is 39.3 Å². The minimum atomic E-state index is -0.583. The number of hydrogen-bond acceptors (Lipinski definition) is 6. The Morgan fingerprint density at radius 1 is 1.46 bits per heavy atom. The fraction of sp³-hybridized carbons (Fsp3) is 0.588. The van der Waals surface area contributed by atoms with E-state index in [2.05, 4.69) is 0 Å². The fourth-order valence-electron chi connectivity index (χ4n) is 2.43. The molecule has 1 aliphatic heterocycles. The van der Waals surface area contributed by atoms with Gasteiger partial charge in [0, 0.05) is 24.2 Å². The molecule has 1 aliphatic rings. The summed E-state index contributed by atoms with van der Waals surface area (Å²) in [6, 6.07) is 4.20. The highest BCUT2D eigenvalue weighted by Gasteiger charge is 2.27. The molecule has 2 rings (SSSR count). The Morgan fingerprint density at radius 3 is 2.85 bits per heavy atom. The van der Waals surface area contributed by atoms with Gasteiger partial charge < -0.3 is 19.1 Å². The molecule has 0 radical (unpaired) electrons. The maximum Gasteiger partial charge on any atom is 0.410 e. The van der Waals surface area contributed by atoms with Crippen molar-refractivity contribution in [1.29, 1.82) is 0 Å². The molecule has 1 fully saturated rings. The zero-order chi connectivity index (χ0) is 19.3. The molecule has 1 heterocycles. The summed E-state index contributed by atoms with van der Waals surface area (Å²) in [6.45, 7) is 6.76. The molecule has 1 saturated heterocycles. The normalized spacial score (nSPS) is 18.2. The molecular formula is C17H23ClN2O6. The fourth-order valence-corrected chi connectivity index (χ4v) is 2.59. The molecule has 1 atom stereocenters. The van der Waals surface area contributed by atoms with Crippen LogP contribution in [0.4, 0.5) is 10.5 Å². The van der Waals surface area contributed by atoms with Gasteiger partial charge in [0.1, 0.15) is 18.3 Å². The van der Waals surface area contributed by atoms with E-state index in [0.717, 1.165) is 0 Å². The first-order chi connectivity index (χ1) is 12.2. The van der Waals surface area contributed by atoms with E-state index in [4.69, 9.17) is 25.8 Å². The van der Waals surface area contributed by atoms with Crippen molar-refractivity contribution < 1.29 is 23.9 Å². The van der Waals surface area contributed by atoms with Gasteiger partial charge in [0.05, 0.1) is 11.5 Å². The van der Waals surface area contributed by atoms with Crippen molar-refractivity contribution in [3.8, 4) is 5.75 Å². The molecule has 0 aromatic heterocycles. The number of ether oxygens (including phenoxy) is 3. The van der Waals surface area contributed by atoms with Crippen molar-refractivity contribution in [3.05, 3.63) is 33.3 Å². The number of nitro groups is 1. The molecule has 9 heteroatoms. The van der Waals surface area contributed by atoms with Crippen LogP contribution in [0.15, 0.2) is 18.2 Å². The minimum absolute atomic E-state index is 0.0712. The zero-order valence-corrected chi connectivity index (χ0v) is 15.8. The number of rotatable bonds is 4. The van der Waals surface area contributed by atoms with Crippen LogP contribution in [0.5, 0.6) is 5.75 Å². The summed E-state index contributed by atoms with van der Waals surface area (Å²) >= 11 is 5.80. The van der Waals surface area contributed by atoms with Gasteiger partial charge in [-0.2, -0.15) is 0 Å². The Labute approximate surface area is 157 Å². The summed E-state index contributed by atoms with van der Waals surface area (Å²) in [4.78, 5) is 24.4. The number of carbonyl (C=O) groups excluding carboxylic acids is 1. The predicted octanol–water partition coefficient (Wildman–Crippen LogP) is 3.65. The zero-order valence-electron chi connectivity index (χ0n) is 15.1. The van der Waals surface area contributed by atoms with Crippen LogP contribution in [-0.2, 0) is 9.47 Å². The standard InChI is InChI=1S/C17H23ClN2O6/c1-17(2,3)26-16(21)19-7-4-8-24-13(10-19)11-25-15-6-5-12(18)9-14(15)20(22)23/h5-6,9,13H,4,7-8,10-11H2,1-3H3. The van der Waals surface area contributed by atoms with Crippen LogP contribution >= 0.6 is 11.6 Å². The van der Waals surface area contributed by atoms with E-state index < -0.39 is 22.7 Å². The molecule has 144 valence electrons.